The Kier molecular flexibility index (Phi) is 7.42. The lowest BCUT2D eigenvalue weighted by molar-refractivity contribution is 0.274. The molecule has 0 aliphatic heterocycles. The Bertz CT molecular complexity index is 325. The van der Waals surface area contributed by atoms with E-state index < -0.39 is 0 Å². The molecule has 0 fully saturated rings. The van der Waals surface area contributed by atoms with Crippen molar-refractivity contribution in [3.8, 4) is 0 Å². The number of nitrogens with zero attached hydrogens (tertiary/aromatic N) is 3. The first kappa shape index (κ1) is 15.6. The van der Waals surface area contributed by atoms with Gasteiger partial charge in [0, 0.05) is 31.6 Å². The van der Waals surface area contributed by atoms with E-state index in [0.717, 1.165) is 32.7 Å². The lowest BCUT2D eigenvalue weighted by atomic mass is 10.4. The van der Waals surface area contributed by atoms with Crippen molar-refractivity contribution in [3.63, 3.8) is 0 Å². The highest BCUT2D eigenvalue weighted by atomic mass is 32.1. The van der Waals surface area contributed by atoms with Gasteiger partial charge in [0.2, 0.25) is 0 Å². The quantitative estimate of drug-likeness (QED) is 0.691. The van der Waals surface area contributed by atoms with E-state index in [-0.39, 0.29) is 0 Å². The fraction of sp³-hybridized carbons (Fsp3) is 0.769. The number of nitrogens with one attached hydrogen (secondary N) is 1. The second-order valence-electron chi connectivity index (χ2n) is 4.95. The molecule has 1 heterocycles. The van der Waals surface area contributed by atoms with E-state index in [1.54, 1.807) is 11.3 Å². The van der Waals surface area contributed by atoms with Crippen LogP contribution in [0.3, 0.4) is 0 Å². The molecular weight excluding hydrogens is 244 g/mol. The van der Waals surface area contributed by atoms with Gasteiger partial charge in [-0.25, -0.2) is 4.98 Å². The van der Waals surface area contributed by atoms with Crippen molar-refractivity contribution in [1.82, 2.24) is 20.1 Å². The van der Waals surface area contributed by atoms with Crippen molar-refractivity contribution < 1.29 is 0 Å². The highest BCUT2D eigenvalue weighted by Gasteiger charge is 2.05. The Balaban J connectivity index is 2.29. The first-order chi connectivity index (χ1) is 8.61. The molecule has 0 amide bonds. The maximum atomic E-state index is 4.65. The van der Waals surface area contributed by atoms with Crippen molar-refractivity contribution in [3.05, 3.63) is 16.1 Å². The predicted molar refractivity (Wildman–Crippen MR) is 79.0 cm³/mol. The Labute approximate surface area is 115 Å². The predicted octanol–water partition coefficient (Wildman–Crippen LogP) is 1.64. The van der Waals surface area contributed by atoms with Crippen LogP contribution >= 0.6 is 11.3 Å². The summed E-state index contributed by atoms with van der Waals surface area (Å²) in [7, 11) is 6.36. The maximum Gasteiger partial charge on any atom is 0.107 e. The van der Waals surface area contributed by atoms with Crippen molar-refractivity contribution in [1.29, 1.82) is 0 Å². The zero-order valence-electron chi connectivity index (χ0n) is 12.1. The van der Waals surface area contributed by atoms with Crippen LogP contribution in [-0.2, 0) is 13.1 Å². The van der Waals surface area contributed by atoms with Gasteiger partial charge >= 0.3 is 0 Å². The summed E-state index contributed by atoms with van der Waals surface area (Å²) >= 11 is 1.76. The van der Waals surface area contributed by atoms with E-state index in [0.29, 0.717) is 0 Å². The minimum absolute atomic E-state index is 0.903. The van der Waals surface area contributed by atoms with Crippen LogP contribution in [0, 0.1) is 0 Å². The number of likely N-dealkylation sites (N-methyl/N-ethyl adjacent to an activating group) is 2. The lowest BCUT2D eigenvalue weighted by Crippen LogP contribution is -2.28. The standard InChI is InChI=1S/C13H26N4S/c1-5-6-14-9-13-15-12(11-18-13)10-17(4)8-7-16(2)3/h11,14H,5-10H2,1-4H3. The first-order valence-corrected chi connectivity index (χ1v) is 7.47. The van der Waals surface area contributed by atoms with E-state index in [4.69, 9.17) is 0 Å². The molecule has 0 atom stereocenters. The van der Waals surface area contributed by atoms with Crippen molar-refractivity contribution in [2.45, 2.75) is 26.4 Å². The summed E-state index contributed by atoms with van der Waals surface area (Å²) in [6.45, 7) is 7.26. The summed E-state index contributed by atoms with van der Waals surface area (Å²) in [6, 6.07) is 0. The van der Waals surface area contributed by atoms with E-state index in [1.165, 1.54) is 17.1 Å². The summed E-state index contributed by atoms with van der Waals surface area (Å²) in [5, 5.41) is 6.76. The van der Waals surface area contributed by atoms with E-state index in [2.05, 4.69) is 53.5 Å². The molecule has 4 nitrogen and oxygen atoms in total. The van der Waals surface area contributed by atoms with Crippen molar-refractivity contribution in [2.75, 3.05) is 40.8 Å². The summed E-state index contributed by atoms with van der Waals surface area (Å²) in [4.78, 5) is 9.17. The fourth-order valence-corrected chi connectivity index (χ4v) is 2.36. The average Bonchev–Trinajstić information content (AvgIpc) is 2.74. The smallest absolute Gasteiger partial charge is 0.107 e. The second kappa shape index (κ2) is 8.58. The molecule has 18 heavy (non-hydrogen) atoms. The van der Waals surface area contributed by atoms with Crippen LogP contribution in [0.1, 0.15) is 24.0 Å². The number of rotatable bonds is 9. The second-order valence-corrected chi connectivity index (χ2v) is 5.89. The molecule has 0 aliphatic carbocycles. The average molecular weight is 270 g/mol. The Hall–Kier alpha value is -0.490. The normalized spacial score (nSPS) is 11.7. The van der Waals surface area contributed by atoms with Crippen molar-refractivity contribution >= 4 is 11.3 Å². The summed E-state index contributed by atoms with van der Waals surface area (Å²) < 4.78 is 0. The third-order valence-corrected chi connectivity index (χ3v) is 3.56. The Morgan fingerprint density at radius 2 is 2.06 bits per heavy atom. The van der Waals surface area contributed by atoms with Gasteiger partial charge < -0.3 is 10.2 Å². The summed E-state index contributed by atoms with van der Waals surface area (Å²) in [5.74, 6) is 0. The van der Waals surface area contributed by atoms with Gasteiger partial charge in [0.05, 0.1) is 5.69 Å². The monoisotopic (exact) mass is 270 g/mol. The molecule has 1 aromatic rings. The van der Waals surface area contributed by atoms with Crippen LogP contribution in [-0.4, -0.2) is 55.6 Å². The highest BCUT2D eigenvalue weighted by Crippen LogP contribution is 2.11. The minimum Gasteiger partial charge on any atom is -0.310 e. The fourth-order valence-electron chi connectivity index (χ4n) is 1.60. The van der Waals surface area contributed by atoms with Gasteiger partial charge in [0.15, 0.2) is 0 Å². The zero-order valence-corrected chi connectivity index (χ0v) is 12.9. The first-order valence-electron chi connectivity index (χ1n) is 6.59. The molecule has 1 rings (SSSR count). The largest absolute Gasteiger partial charge is 0.310 e. The molecule has 0 aliphatic rings. The molecular formula is C13H26N4S. The topological polar surface area (TPSA) is 31.4 Å². The molecule has 0 spiro atoms. The summed E-state index contributed by atoms with van der Waals surface area (Å²) in [5.41, 5.74) is 1.19. The SMILES string of the molecule is CCCNCc1nc(CN(C)CCN(C)C)cs1. The molecule has 0 radical (unpaired) electrons. The summed E-state index contributed by atoms with van der Waals surface area (Å²) in [6.07, 6.45) is 1.17. The molecule has 104 valence electrons. The number of hydrogen-bond donors (Lipinski definition) is 1. The van der Waals surface area contributed by atoms with Crippen LogP contribution < -0.4 is 5.32 Å². The van der Waals surface area contributed by atoms with Gasteiger partial charge in [-0.3, -0.25) is 4.90 Å². The van der Waals surface area contributed by atoms with Crippen LogP contribution in [0.15, 0.2) is 5.38 Å². The highest BCUT2D eigenvalue weighted by molar-refractivity contribution is 7.09. The van der Waals surface area contributed by atoms with Gasteiger partial charge in [-0.05, 0) is 34.1 Å². The molecule has 0 unspecified atom stereocenters. The molecule has 0 saturated heterocycles. The van der Waals surface area contributed by atoms with E-state index >= 15 is 0 Å². The van der Waals surface area contributed by atoms with Crippen LogP contribution in [0.5, 0.6) is 0 Å². The third-order valence-electron chi connectivity index (χ3n) is 2.66. The van der Waals surface area contributed by atoms with Gasteiger partial charge in [0.25, 0.3) is 0 Å². The molecule has 0 aromatic carbocycles. The third kappa shape index (κ3) is 6.44. The van der Waals surface area contributed by atoms with Gasteiger partial charge in [-0.2, -0.15) is 0 Å². The van der Waals surface area contributed by atoms with E-state index in [9.17, 15) is 0 Å². The molecule has 1 N–H and O–H groups in total. The Morgan fingerprint density at radius 1 is 1.28 bits per heavy atom. The lowest BCUT2D eigenvalue weighted by Gasteiger charge is -2.18. The number of hydrogen-bond acceptors (Lipinski definition) is 5. The zero-order chi connectivity index (χ0) is 13.4. The maximum absolute atomic E-state index is 4.65. The molecule has 0 saturated carbocycles. The molecule has 5 heteroatoms. The Morgan fingerprint density at radius 3 is 2.72 bits per heavy atom. The molecule has 0 bridgehead atoms. The minimum atomic E-state index is 0.903. The van der Waals surface area contributed by atoms with Crippen LogP contribution in [0.2, 0.25) is 0 Å². The van der Waals surface area contributed by atoms with Gasteiger partial charge in [0.1, 0.15) is 5.01 Å². The van der Waals surface area contributed by atoms with E-state index in [1.807, 2.05) is 0 Å². The number of thiazole rings is 1. The van der Waals surface area contributed by atoms with Gasteiger partial charge in [-0.15, -0.1) is 11.3 Å². The van der Waals surface area contributed by atoms with Crippen LogP contribution in [0.25, 0.3) is 0 Å². The van der Waals surface area contributed by atoms with Crippen molar-refractivity contribution in [2.24, 2.45) is 0 Å². The number of aromatic nitrogens is 1. The molecule has 1 aromatic heterocycles. The van der Waals surface area contributed by atoms with Gasteiger partial charge in [-0.1, -0.05) is 6.92 Å². The van der Waals surface area contributed by atoms with Crippen LogP contribution in [0.4, 0.5) is 0 Å².